The summed E-state index contributed by atoms with van der Waals surface area (Å²) in [6, 6.07) is 10.1. The van der Waals surface area contributed by atoms with Gasteiger partial charge in [0, 0.05) is 16.3 Å². The van der Waals surface area contributed by atoms with E-state index in [-0.39, 0.29) is 5.02 Å². The quantitative estimate of drug-likeness (QED) is 0.268. The molecule has 0 spiro atoms. The Kier molecular flexibility index (Phi) is 7.88. The van der Waals surface area contributed by atoms with Gasteiger partial charge >= 0.3 is 0 Å². The number of aliphatic hydroxyl groups is 1. The van der Waals surface area contributed by atoms with E-state index in [9.17, 15) is 14.7 Å². The zero-order valence-electron chi connectivity index (χ0n) is 14.5. The van der Waals surface area contributed by atoms with Crippen molar-refractivity contribution in [3.63, 3.8) is 0 Å². The minimum atomic E-state index is -1.11. The molecule has 146 valence electrons. The molecule has 0 saturated heterocycles. The smallest absolute Gasteiger partial charge is 0.269 e. The van der Waals surface area contributed by atoms with Crippen molar-refractivity contribution in [2.45, 2.75) is 17.1 Å². The summed E-state index contributed by atoms with van der Waals surface area (Å²) in [4.78, 5) is 24.5. The Hall–Kier alpha value is -2.06. The number of hydrogen-bond acceptors (Lipinski definition) is 5. The summed E-state index contributed by atoms with van der Waals surface area (Å²) in [7, 11) is 0. The molecule has 0 aliphatic heterocycles. The fourth-order valence-electron chi connectivity index (χ4n) is 2.22. The van der Waals surface area contributed by atoms with Gasteiger partial charge in [0.1, 0.15) is 16.2 Å². The first-order valence-corrected chi connectivity index (χ1v) is 9.88. The molecule has 10 heteroatoms. The first-order chi connectivity index (χ1) is 13.2. The number of carbonyl (C=O) groups is 2. The number of nitriles is 1. The molecule has 28 heavy (non-hydrogen) atoms. The third-order valence-corrected chi connectivity index (χ3v) is 5.24. The van der Waals surface area contributed by atoms with Crippen LogP contribution in [0.5, 0.6) is 0 Å². The zero-order chi connectivity index (χ0) is 20.8. The van der Waals surface area contributed by atoms with Gasteiger partial charge in [-0.25, -0.2) is 0 Å². The zero-order valence-corrected chi connectivity index (χ0v) is 18.1. The van der Waals surface area contributed by atoms with Gasteiger partial charge in [0.2, 0.25) is 0 Å². The van der Waals surface area contributed by atoms with Crippen molar-refractivity contribution in [3.05, 3.63) is 63.1 Å². The summed E-state index contributed by atoms with van der Waals surface area (Å²) in [6.45, 7) is 1.68. The van der Waals surface area contributed by atoms with Crippen molar-refractivity contribution < 1.29 is 14.7 Å². The second-order valence-electron chi connectivity index (χ2n) is 5.66. The number of rotatable bonds is 5. The van der Waals surface area contributed by atoms with Crippen LogP contribution in [0.1, 0.15) is 21.5 Å². The molecular formula is C18H15Cl2IN4O3. The van der Waals surface area contributed by atoms with Gasteiger partial charge < -0.3 is 10.4 Å². The average Bonchev–Trinajstić information content (AvgIpc) is 2.67. The first kappa shape index (κ1) is 22.2. The molecule has 0 aliphatic rings. The molecule has 4 N–H and O–H groups in total. The van der Waals surface area contributed by atoms with Gasteiger partial charge in [-0.05, 0) is 71.5 Å². The summed E-state index contributed by atoms with van der Waals surface area (Å²) in [5, 5.41) is 22.6. The Balaban J connectivity index is 2.08. The van der Waals surface area contributed by atoms with Gasteiger partial charge in [0.15, 0.2) is 0 Å². The largest absolute Gasteiger partial charge is 0.380 e. The normalized spacial score (nSPS) is 12.4. The van der Waals surface area contributed by atoms with Crippen LogP contribution in [0.2, 0.25) is 10.0 Å². The number of halogens is 3. The molecule has 2 aromatic rings. The Morgan fingerprint density at radius 2 is 1.79 bits per heavy atom. The van der Waals surface area contributed by atoms with Crippen LogP contribution in [0.15, 0.2) is 36.4 Å². The van der Waals surface area contributed by atoms with E-state index in [4.69, 9.17) is 28.5 Å². The number of carbonyl (C=O) groups excluding carboxylic acids is 2. The predicted molar refractivity (Wildman–Crippen MR) is 115 cm³/mol. The summed E-state index contributed by atoms with van der Waals surface area (Å²) < 4.78 is -1.11. The molecule has 0 saturated carbocycles. The van der Waals surface area contributed by atoms with Crippen molar-refractivity contribution in [2.75, 3.05) is 5.32 Å². The molecule has 0 aliphatic carbocycles. The molecule has 7 nitrogen and oxygen atoms in total. The summed E-state index contributed by atoms with van der Waals surface area (Å²) >= 11 is 13.6. The number of aliphatic hydroxyl groups excluding tert-OH is 1. The highest BCUT2D eigenvalue weighted by molar-refractivity contribution is 14.1. The molecule has 0 aromatic heterocycles. The standard InChI is InChI=1S/C18H15Cl2IN4O3/c1-9-13(7-4-11(8-22)14(9)20)23-15(16(21)26)18(28)25-24-17(27)10-2-5-12(19)6-3-10/h2-7,15-16,23,26H,1H3,(H,24,27)(H,25,28)/t15-,16-/m1/s1. The van der Waals surface area contributed by atoms with Crippen LogP contribution in [0.4, 0.5) is 5.69 Å². The van der Waals surface area contributed by atoms with Gasteiger partial charge in [-0.15, -0.1) is 0 Å². The van der Waals surface area contributed by atoms with Crippen LogP contribution in [0, 0.1) is 18.3 Å². The van der Waals surface area contributed by atoms with Crippen molar-refractivity contribution >= 4 is 63.3 Å². The third kappa shape index (κ3) is 5.48. The van der Waals surface area contributed by atoms with E-state index in [0.717, 1.165) is 0 Å². The molecule has 0 unspecified atom stereocenters. The number of anilines is 1. The Morgan fingerprint density at radius 3 is 2.36 bits per heavy atom. The SMILES string of the molecule is Cc1c(N[C@@H](C(=O)NNC(=O)c2ccc(Cl)cc2)[C@@H](O)I)ccc(C#N)c1Cl. The molecule has 2 atom stereocenters. The Morgan fingerprint density at radius 1 is 1.14 bits per heavy atom. The third-order valence-electron chi connectivity index (χ3n) is 3.78. The number of alkyl halides is 1. The van der Waals surface area contributed by atoms with Crippen molar-refractivity contribution in [1.29, 1.82) is 5.26 Å². The lowest BCUT2D eigenvalue weighted by atomic mass is 10.1. The van der Waals surface area contributed by atoms with Crippen molar-refractivity contribution in [3.8, 4) is 6.07 Å². The molecule has 0 bridgehead atoms. The Labute approximate surface area is 185 Å². The lowest BCUT2D eigenvalue weighted by Gasteiger charge is -2.22. The minimum absolute atomic E-state index is 0.255. The molecule has 2 amide bonds. The van der Waals surface area contributed by atoms with Gasteiger partial charge in [0.05, 0.1) is 10.6 Å². The van der Waals surface area contributed by atoms with Crippen LogP contribution in [0.25, 0.3) is 0 Å². The number of nitrogens with one attached hydrogen (secondary N) is 3. The molecule has 0 radical (unpaired) electrons. The number of hydrogen-bond donors (Lipinski definition) is 4. The monoisotopic (exact) mass is 532 g/mol. The van der Waals surface area contributed by atoms with Crippen LogP contribution in [-0.2, 0) is 4.79 Å². The van der Waals surface area contributed by atoms with Crippen LogP contribution < -0.4 is 16.2 Å². The number of hydrazine groups is 1. The highest BCUT2D eigenvalue weighted by Gasteiger charge is 2.26. The second kappa shape index (κ2) is 9.93. The van der Waals surface area contributed by atoms with Gasteiger partial charge in [-0.3, -0.25) is 20.4 Å². The number of amides is 2. The van der Waals surface area contributed by atoms with Gasteiger partial charge in [-0.1, -0.05) is 23.2 Å². The molecule has 2 aromatic carbocycles. The van der Waals surface area contributed by atoms with Gasteiger partial charge in [0.25, 0.3) is 11.8 Å². The van der Waals surface area contributed by atoms with Crippen molar-refractivity contribution in [2.24, 2.45) is 0 Å². The fraction of sp³-hybridized carbons (Fsp3) is 0.167. The van der Waals surface area contributed by atoms with E-state index in [0.29, 0.717) is 27.4 Å². The van der Waals surface area contributed by atoms with E-state index in [1.54, 1.807) is 47.7 Å². The van der Waals surface area contributed by atoms with Gasteiger partial charge in [-0.2, -0.15) is 5.26 Å². The highest BCUT2D eigenvalue weighted by atomic mass is 127. The predicted octanol–water partition coefficient (Wildman–Crippen LogP) is 3.17. The van der Waals surface area contributed by atoms with E-state index in [2.05, 4.69) is 16.2 Å². The topological polar surface area (TPSA) is 114 Å². The van der Waals surface area contributed by atoms with E-state index in [1.165, 1.54) is 18.2 Å². The lowest BCUT2D eigenvalue weighted by Crippen LogP contribution is -2.51. The van der Waals surface area contributed by atoms with Crippen molar-refractivity contribution in [1.82, 2.24) is 10.9 Å². The number of benzene rings is 2. The molecular weight excluding hydrogens is 518 g/mol. The first-order valence-electron chi connectivity index (χ1n) is 7.88. The number of nitrogens with zero attached hydrogens (tertiary/aromatic N) is 1. The molecule has 0 fully saturated rings. The summed E-state index contributed by atoms with van der Waals surface area (Å²) in [5.74, 6) is -1.20. The van der Waals surface area contributed by atoms with Crippen LogP contribution in [-0.4, -0.2) is 27.1 Å². The maximum atomic E-state index is 12.4. The van der Waals surface area contributed by atoms with Crippen LogP contribution in [0.3, 0.4) is 0 Å². The molecule has 0 heterocycles. The Bertz CT molecular complexity index is 930. The maximum Gasteiger partial charge on any atom is 0.269 e. The van der Waals surface area contributed by atoms with E-state index < -0.39 is 22.0 Å². The molecule has 2 rings (SSSR count). The lowest BCUT2D eigenvalue weighted by molar-refractivity contribution is -0.123. The van der Waals surface area contributed by atoms with Crippen LogP contribution >= 0.6 is 45.8 Å². The summed E-state index contributed by atoms with van der Waals surface area (Å²) in [5.41, 5.74) is 6.19. The van der Waals surface area contributed by atoms with E-state index in [1.807, 2.05) is 6.07 Å². The highest BCUT2D eigenvalue weighted by Crippen LogP contribution is 2.28. The minimum Gasteiger partial charge on any atom is -0.380 e. The van der Waals surface area contributed by atoms with E-state index >= 15 is 0 Å². The second-order valence-corrected chi connectivity index (χ2v) is 7.75. The maximum absolute atomic E-state index is 12.4. The average molecular weight is 533 g/mol. The fourth-order valence-corrected chi connectivity index (χ4v) is 3.06. The summed E-state index contributed by atoms with van der Waals surface area (Å²) in [6.07, 6.45) is 0.